The Hall–Kier alpha value is -3.84. The van der Waals surface area contributed by atoms with Crippen LogP contribution in [0.5, 0.6) is 11.5 Å². The SMILES string of the molecule is COc1ccc(NC(=O)c2ccc(NC(=O)CN(C)Cc3ccccc3OC)cc2)cc1. The van der Waals surface area contributed by atoms with Crippen molar-refractivity contribution >= 4 is 23.2 Å². The van der Waals surface area contributed by atoms with E-state index < -0.39 is 0 Å². The Morgan fingerprint density at radius 3 is 2.09 bits per heavy atom. The maximum absolute atomic E-state index is 12.4. The van der Waals surface area contributed by atoms with Gasteiger partial charge in [-0.05, 0) is 61.6 Å². The quantitative estimate of drug-likeness (QED) is 0.533. The summed E-state index contributed by atoms with van der Waals surface area (Å²) in [5, 5.41) is 5.69. The standard InChI is InChI=1S/C25H27N3O4/c1-28(16-19-6-4-5-7-23(19)32-3)17-24(29)26-20-10-8-18(9-11-20)25(30)27-21-12-14-22(31-2)15-13-21/h4-15H,16-17H2,1-3H3,(H,26,29)(H,27,30). The van der Waals surface area contributed by atoms with Gasteiger partial charge < -0.3 is 20.1 Å². The Labute approximate surface area is 188 Å². The van der Waals surface area contributed by atoms with Crippen molar-refractivity contribution in [1.29, 1.82) is 0 Å². The van der Waals surface area contributed by atoms with E-state index in [0.717, 1.165) is 17.1 Å². The van der Waals surface area contributed by atoms with Crippen LogP contribution in [-0.2, 0) is 11.3 Å². The number of likely N-dealkylation sites (N-methyl/N-ethyl adjacent to an activating group) is 1. The summed E-state index contributed by atoms with van der Waals surface area (Å²) in [6.45, 7) is 0.805. The number of nitrogens with one attached hydrogen (secondary N) is 2. The van der Waals surface area contributed by atoms with E-state index in [9.17, 15) is 9.59 Å². The molecule has 0 unspecified atom stereocenters. The monoisotopic (exact) mass is 433 g/mol. The van der Waals surface area contributed by atoms with Gasteiger partial charge in [-0.2, -0.15) is 0 Å². The molecule has 0 atom stereocenters. The average Bonchev–Trinajstić information content (AvgIpc) is 2.80. The molecule has 2 amide bonds. The number of amides is 2. The summed E-state index contributed by atoms with van der Waals surface area (Å²) in [7, 11) is 5.09. The molecule has 7 nitrogen and oxygen atoms in total. The molecule has 32 heavy (non-hydrogen) atoms. The molecule has 0 heterocycles. The average molecular weight is 434 g/mol. The number of hydrogen-bond acceptors (Lipinski definition) is 5. The van der Waals surface area contributed by atoms with Crippen molar-refractivity contribution in [1.82, 2.24) is 4.90 Å². The Balaban J connectivity index is 1.51. The van der Waals surface area contributed by atoms with Gasteiger partial charge in [-0.15, -0.1) is 0 Å². The van der Waals surface area contributed by atoms with E-state index in [1.165, 1.54) is 0 Å². The van der Waals surface area contributed by atoms with Crippen molar-refractivity contribution in [3.63, 3.8) is 0 Å². The smallest absolute Gasteiger partial charge is 0.255 e. The molecular weight excluding hydrogens is 406 g/mol. The van der Waals surface area contributed by atoms with Crippen LogP contribution in [0.3, 0.4) is 0 Å². The highest BCUT2D eigenvalue weighted by molar-refractivity contribution is 6.04. The summed E-state index contributed by atoms with van der Waals surface area (Å²) >= 11 is 0. The predicted molar refractivity (Wildman–Crippen MR) is 125 cm³/mol. The number of carbonyl (C=O) groups is 2. The van der Waals surface area contributed by atoms with Crippen molar-refractivity contribution in [3.05, 3.63) is 83.9 Å². The van der Waals surface area contributed by atoms with Gasteiger partial charge in [0.15, 0.2) is 0 Å². The molecule has 0 aliphatic carbocycles. The Kier molecular flexibility index (Phi) is 7.83. The van der Waals surface area contributed by atoms with Crippen molar-refractivity contribution in [2.75, 3.05) is 38.4 Å². The highest BCUT2D eigenvalue weighted by Gasteiger charge is 2.11. The maximum Gasteiger partial charge on any atom is 0.255 e. The maximum atomic E-state index is 12.4. The van der Waals surface area contributed by atoms with E-state index in [4.69, 9.17) is 9.47 Å². The molecule has 0 aromatic heterocycles. The van der Waals surface area contributed by atoms with Crippen LogP contribution in [0.2, 0.25) is 0 Å². The molecule has 3 aromatic carbocycles. The lowest BCUT2D eigenvalue weighted by Gasteiger charge is -2.18. The first-order chi connectivity index (χ1) is 15.5. The first kappa shape index (κ1) is 22.8. The van der Waals surface area contributed by atoms with Crippen molar-refractivity contribution < 1.29 is 19.1 Å². The van der Waals surface area contributed by atoms with Gasteiger partial charge in [-0.3, -0.25) is 14.5 Å². The highest BCUT2D eigenvalue weighted by Crippen LogP contribution is 2.19. The molecule has 2 N–H and O–H groups in total. The number of ether oxygens (including phenoxy) is 2. The van der Waals surface area contributed by atoms with Gasteiger partial charge in [-0.25, -0.2) is 0 Å². The minimum Gasteiger partial charge on any atom is -0.497 e. The Morgan fingerprint density at radius 1 is 0.812 bits per heavy atom. The number of rotatable bonds is 9. The summed E-state index contributed by atoms with van der Waals surface area (Å²) in [6.07, 6.45) is 0. The summed E-state index contributed by atoms with van der Waals surface area (Å²) < 4.78 is 10.5. The number of hydrogen-bond donors (Lipinski definition) is 2. The van der Waals surface area contributed by atoms with E-state index in [2.05, 4.69) is 10.6 Å². The van der Waals surface area contributed by atoms with Gasteiger partial charge >= 0.3 is 0 Å². The van der Waals surface area contributed by atoms with E-state index in [0.29, 0.717) is 23.5 Å². The summed E-state index contributed by atoms with van der Waals surface area (Å²) in [5.41, 5.74) is 2.80. The first-order valence-corrected chi connectivity index (χ1v) is 10.1. The molecule has 0 saturated carbocycles. The third-order valence-corrected chi connectivity index (χ3v) is 4.83. The summed E-state index contributed by atoms with van der Waals surface area (Å²) in [6, 6.07) is 21.6. The molecule has 0 radical (unpaired) electrons. The largest absolute Gasteiger partial charge is 0.497 e. The molecule has 7 heteroatoms. The van der Waals surface area contributed by atoms with Crippen molar-refractivity contribution in [2.24, 2.45) is 0 Å². The number of methoxy groups -OCH3 is 2. The van der Waals surface area contributed by atoms with Gasteiger partial charge in [0.05, 0.1) is 20.8 Å². The van der Waals surface area contributed by atoms with Crippen LogP contribution in [0.15, 0.2) is 72.8 Å². The second kappa shape index (κ2) is 11.0. The number of benzene rings is 3. The number of nitrogens with zero attached hydrogens (tertiary/aromatic N) is 1. The van der Waals surface area contributed by atoms with Crippen LogP contribution in [0.25, 0.3) is 0 Å². The summed E-state index contributed by atoms with van der Waals surface area (Å²) in [5.74, 6) is 1.14. The van der Waals surface area contributed by atoms with Crippen LogP contribution in [-0.4, -0.2) is 44.5 Å². The molecule has 0 aliphatic rings. The summed E-state index contributed by atoms with van der Waals surface area (Å²) in [4.78, 5) is 26.7. The lowest BCUT2D eigenvalue weighted by atomic mass is 10.2. The molecule has 0 fully saturated rings. The van der Waals surface area contributed by atoms with E-state index in [1.54, 1.807) is 62.8 Å². The zero-order valence-corrected chi connectivity index (χ0v) is 18.4. The fraction of sp³-hybridized carbons (Fsp3) is 0.200. The minimum absolute atomic E-state index is 0.141. The van der Waals surface area contributed by atoms with E-state index in [1.807, 2.05) is 36.2 Å². The lowest BCUT2D eigenvalue weighted by molar-refractivity contribution is -0.117. The van der Waals surface area contributed by atoms with E-state index in [-0.39, 0.29) is 18.4 Å². The molecule has 0 saturated heterocycles. The second-order valence-corrected chi connectivity index (χ2v) is 7.29. The fourth-order valence-corrected chi connectivity index (χ4v) is 3.21. The third-order valence-electron chi connectivity index (χ3n) is 4.83. The van der Waals surface area contributed by atoms with Crippen LogP contribution >= 0.6 is 0 Å². The number of anilines is 2. The Morgan fingerprint density at radius 2 is 1.44 bits per heavy atom. The molecule has 3 aromatic rings. The highest BCUT2D eigenvalue weighted by atomic mass is 16.5. The van der Waals surface area contributed by atoms with Crippen LogP contribution in [0.1, 0.15) is 15.9 Å². The van der Waals surface area contributed by atoms with Gasteiger partial charge in [-0.1, -0.05) is 18.2 Å². The van der Waals surface area contributed by atoms with Crippen LogP contribution in [0, 0.1) is 0 Å². The normalized spacial score (nSPS) is 10.5. The molecular formula is C25H27N3O4. The van der Waals surface area contributed by atoms with E-state index >= 15 is 0 Å². The molecule has 0 aliphatic heterocycles. The van der Waals surface area contributed by atoms with Crippen molar-refractivity contribution in [3.8, 4) is 11.5 Å². The van der Waals surface area contributed by atoms with Gasteiger partial charge in [0.1, 0.15) is 11.5 Å². The molecule has 3 rings (SSSR count). The fourth-order valence-electron chi connectivity index (χ4n) is 3.21. The molecule has 0 spiro atoms. The molecule has 166 valence electrons. The first-order valence-electron chi connectivity index (χ1n) is 10.1. The lowest BCUT2D eigenvalue weighted by Crippen LogP contribution is -2.30. The minimum atomic E-state index is -0.232. The predicted octanol–water partition coefficient (Wildman–Crippen LogP) is 4.03. The number of para-hydroxylation sites is 1. The van der Waals surface area contributed by atoms with Crippen LogP contribution < -0.4 is 20.1 Å². The van der Waals surface area contributed by atoms with Crippen LogP contribution in [0.4, 0.5) is 11.4 Å². The van der Waals surface area contributed by atoms with Gasteiger partial charge in [0.25, 0.3) is 5.91 Å². The van der Waals surface area contributed by atoms with Gasteiger partial charge in [0, 0.05) is 29.0 Å². The molecule has 0 bridgehead atoms. The zero-order chi connectivity index (χ0) is 22.9. The zero-order valence-electron chi connectivity index (χ0n) is 18.4. The van der Waals surface area contributed by atoms with Gasteiger partial charge in [0.2, 0.25) is 5.91 Å². The third kappa shape index (κ3) is 6.33. The Bertz CT molecular complexity index is 1050. The van der Waals surface area contributed by atoms with Crippen molar-refractivity contribution in [2.45, 2.75) is 6.54 Å². The number of carbonyl (C=O) groups excluding carboxylic acids is 2. The topological polar surface area (TPSA) is 79.9 Å². The second-order valence-electron chi connectivity index (χ2n) is 7.29.